The number of likely N-dealkylation sites (N-methyl/N-ethyl adjacent to an activating group) is 1. The molecule has 0 aliphatic heterocycles. The van der Waals surface area contributed by atoms with Gasteiger partial charge in [-0.2, -0.15) is 0 Å². The van der Waals surface area contributed by atoms with Gasteiger partial charge in [-0.15, -0.1) is 0 Å². The van der Waals surface area contributed by atoms with Gasteiger partial charge < -0.3 is 9.64 Å². The van der Waals surface area contributed by atoms with Crippen molar-refractivity contribution in [1.29, 1.82) is 0 Å². The third kappa shape index (κ3) is 4.13. The van der Waals surface area contributed by atoms with Crippen LogP contribution in [-0.4, -0.2) is 36.3 Å². The highest BCUT2D eigenvalue weighted by Crippen LogP contribution is 2.31. The minimum absolute atomic E-state index is 0.239. The number of halogens is 1. The van der Waals surface area contributed by atoms with Crippen molar-refractivity contribution in [1.82, 2.24) is 9.97 Å². The van der Waals surface area contributed by atoms with Crippen molar-refractivity contribution in [3.05, 3.63) is 40.5 Å². The average Bonchev–Trinajstić information content (AvgIpc) is 2.60. The number of ether oxygens (including phenoxy) is 1. The number of hydrogen-bond acceptors (Lipinski definition) is 4. The number of nitrogens with zero attached hydrogens (tertiary/aromatic N) is 3. The Balaban J connectivity index is 2.05. The van der Waals surface area contributed by atoms with E-state index < -0.39 is 0 Å². The highest BCUT2D eigenvalue weighted by molar-refractivity contribution is 6.30. The van der Waals surface area contributed by atoms with E-state index in [1.807, 2.05) is 24.3 Å². The first-order valence-electron chi connectivity index (χ1n) is 8.81. The van der Waals surface area contributed by atoms with E-state index in [1.54, 1.807) is 7.11 Å². The van der Waals surface area contributed by atoms with Crippen LogP contribution in [0, 0.1) is 0 Å². The molecule has 0 saturated heterocycles. The van der Waals surface area contributed by atoms with Gasteiger partial charge in [0, 0.05) is 42.5 Å². The predicted octanol–water partition coefficient (Wildman–Crippen LogP) is 4.54. The van der Waals surface area contributed by atoms with Crippen molar-refractivity contribution >= 4 is 17.4 Å². The molecule has 0 saturated carbocycles. The Morgan fingerprint density at radius 1 is 1.20 bits per heavy atom. The van der Waals surface area contributed by atoms with Crippen molar-refractivity contribution in [2.45, 2.75) is 45.1 Å². The van der Waals surface area contributed by atoms with E-state index in [9.17, 15) is 0 Å². The highest BCUT2D eigenvalue weighted by atomic mass is 35.5. The van der Waals surface area contributed by atoms with E-state index >= 15 is 0 Å². The van der Waals surface area contributed by atoms with Crippen LogP contribution < -0.4 is 4.90 Å². The van der Waals surface area contributed by atoms with Gasteiger partial charge in [0.25, 0.3) is 0 Å². The van der Waals surface area contributed by atoms with Gasteiger partial charge >= 0.3 is 0 Å². The molecule has 0 N–H and O–H groups in total. The summed E-state index contributed by atoms with van der Waals surface area (Å²) >= 11 is 6.16. The van der Waals surface area contributed by atoms with Crippen LogP contribution in [0.25, 0.3) is 11.4 Å². The summed E-state index contributed by atoms with van der Waals surface area (Å²) in [5.41, 5.74) is 3.18. The van der Waals surface area contributed by atoms with Crippen molar-refractivity contribution in [3.8, 4) is 11.4 Å². The SMILES string of the molecule is COC(C)(C)CN(C)c1nc(-c2cccc(Cl)c2)nc2c1CCCC2. The molecule has 2 aromatic rings. The largest absolute Gasteiger partial charge is 0.377 e. The smallest absolute Gasteiger partial charge is 0.161 e. The van der Waals surface area contributed by atoms with E-state index in [-0.39, 0.29) is 5.60 Å². The lowest BCUT2D eigenvalue weighted by molar-refractivity contribution is 0.0297. The number of methoxy groups -OCH3 is 1. The maximum absolute atomic E-state index is 6.16. The molecule has 4 nitrogen and oxygen atoms in total. The van der Waals surface area contributed by atoms with Crippen LogP contribution in [0.15, 0.2) is 24.3 Å². The summed E-state index contributed by atoms with van der Waals surface area (Å²) in [5, 5.41) is 0.703. The summed E-state index contributed by atoms with van der Waals surface area (Å²) in [6, 6.07) is 7.75. The van der Waals surface area contributed by atoms with Crippen LogP contribution in [0.5, 0.6) is 0 Å². The molecule has 0 radical (unpaired) electrons. The second-order valence-electron chi connectivity index (χ2n) is 7.33. The molecular weight excluding hydrogens is 334 g/mol. The first-order chi connectivity index (χ1) is 11.9. The van der Waals surface area contributed by atoms with Crippen LogP contribution in [0.2, 0.25) is 5.02 Å². The first-order valence-corrected chi connectivity index (χ1v) is 9.19. The lowest BCUT2D eigenvalue weighted by atomic mass is 9.95. The van der Waals surface area contributed by atoms with E-state index in [2.05, 4.69) is 25.8 Å². The van der Waals surface area contributed by atoms with Gasteiger partial charge in [-0.05, 0) is 51.7 Å². The van der Waals surface area contributed by atoms with Crippen molar-refractivity contribution in [2.24, 2.45) is 0 Å². The Morgan fingerprint density at radius 3 is 2.68 bits per heavy atom. The third-order valence-corrected chi connectivity index (χ3v) is 5.01. The van der Waals surface area contributed by atoms with Gasteiger partial charge in [-0.25, -0.2) is 9.97 Å². The zero-order chi connectivity index (χ0) is 18.0. The molecule has 3 rings (SSSR count). The Kier molecular flexibility index (Phi) is 5.30. The van der Waals surface area contributed by atoms with Gasteiger partial charge in [-0.1, -0.05) is 23.7 Å². The lowest BCUT2D eigenvalue weighted by Gasteiger charge is -2.32. The maximum atomic E-state index is 6.16. The van der Waals surface area contributed by atoms with Gasteiger partial charge in [0.2, 0.25) is 0 Å². The summed E-state index contributed by atoms with van der Waals surface area (Å²) in [7, 11) is 3.83. The van der Waals surface area contributed by atoms with Crippen LogP contribution >= 0.6 is 11.6 Å². The molecule has 0 unspecified atom stereocenters. The fourth-order valence-electron chi connectivity index (χ4n) is 3.36. The zero-order valence-corrected chi connectivity index (χ0v) is 16.2. The van der Waals surface area contributed by atoms with E-state index in [0.717, 1.165) is 36.6 Å². The van der Waals surface area contributed by atoms with Crippen LogP contribution in [0.4, 0.5) is 5.82 Å². The topological polar surface area (TPSA) is 38.2 Å². The quantitative estimate of drug-likeness (QED) is 0.785. The Labute approximate surface area is 155 Å². The molecule has 1 aliphatic carbocycles. The number of rotatable bonds is 5. The average molecular weight is 360 g/mol. The molecule has 5 heteroatoms. The Bertz CT molecular complexity index is 761. The monoisotopic (exact) mass is 359 g/mol. The number of hydrogen-bond donors (Lipinski definition) is 0. The van der Waals surface area contributed by atoms with Gasteiger partial charge in [0.05, 0.1) is 5.60 Å². The number of aromatic nitrogens is 2. The fourth-order valence-corrected chi connectivity index (χ4v) is 3.55. The highest BCUT2D eigenvalue weighted by Gasteiger charge is 2.25. The molecule has 0 amide bonds. The molecule has 1 heterocycles. The van der Waals surface area contributed by atoms with Gasteiger partial charge in [-0.3, -0.25) is 0 Å². The number of benzene rings is 1. The molecule has 0 fully saturated rings. The van der Waals surface area contributed by atoms with Crippen LogP contribution in [0.1, 0.15) is 37.9 Å². The Hall–Kier alpha value is -1.65. The summed E-state index contributed by atoms with van der Waals surface area (Å²) in [6.45, 7) is 4.95. The normalized spacial score (nSPS) is 14.3. The van der Waals surface area contributed by atoms with Crippen molar-refractivity contribution in [2.75, 3.05) is 25.6 Å². The lowest BCUT2D eigenvalue weighted by Crippen LogP contribution is -2.39. The van der Waals surface area contributed by atoms with Gasteiger partial charge in [0.1, 0.15) is 5.82 Å². The standard InChI is InChI=1S/C20H26ClN3O/c1-20(2,25-4)13-24(3)19-16-10-5-6-11-17(16)22-18(23-19)14-8-7-9-15(21)12-14/h7-9,12H,5-6,10-11,13H2,1-4H3. The molecule has 1 aromatic heterocycles. The summed E-state index contributed by atoms with van der Waals surface area (Å²) in [4.78, 5) is 12.0. The molecular formula is C20H26ClN3O. The van der Waals surface area contributed by atoms with Crippen molar-refractivity contribution in [3.63, 3.8) is 0 Å². The molecule has 0 bridgehead atoms. The Morgan fingerprint density at radius 2 is 1.96 bits per heavy atom. The second kappa shape index (κ2) is 7.30. The number of anilines is 1. The summed E-state index contributed by atoms with van der Waals surface area (Å²) in [6.07, 6.45) is 4.44. The third-order valence-electron chi connectivity index (χ3n) is 4.78. The molecule has 0 spiro atoms. The van der Waals surface area contributed by atoms with E-state index in [4.69, 9.17) is 26.3 Å². The number of fused-ring (bicyclic) bond motifs is 1. The molecule has 1 aliphatic rings. The fraction of sp³-hybridized carbons (Fsp3) is 0.500. The summed E-state index contributed by atoms with van der Waals surface area (Å²) < 4.78 is 5.60. The van der Waals surface area contributed by atoms with E-state index in [0.29, 0.717) is 5.02 Å². The molecule has 0 atom stereocenters. The van der Waals surface area contributed by atoms with Crippen LogP contribution in [-0.2, 0) is 17.6 Å². The van der Waals surface area contributed by atoms with Crippen LogP contribution in [0.3, 0.4) is 0 Å². The molecule has 1 aromatic carbocycles. The van der Waals surface area contributed by atoms with E-state index in [1.165, 1.54) is 24.1 Å². The molecule has 134 valence electrons. The number of aryl methyl sites for hydroxylation is 1. The molecule has 25 heavy (non-hydrogen) atoms. The minimum Gasteiger partial charge on any atom is -0.377 e. The second-order valence-corrected chi connectivity index (χ2v) is 7.77. The maximum Gasteiger partial charge on any atom is 0.161 e. The first kappa shape index (κ1) is 18.2. The van der Waals surface area contributed by atoms with Crippen molar-refractivity contribution < 1.29 is 4.74 Å². The predicted molar refractivity (Wildman–Crippen MR) is 103 cm³/mol. The summed E-state index contributed by atoms with van der Waals surface area (Å²) in [5.74, 6) is 1.77. The minimum atomic E-state index is -0.239. The van der Waals surface area contributed by atoms with Gasteiger partial charge in [0.15, 0.2) is 5.82 Å². The zero-order valence-electron chi connectivity index (χ0n) is 15.5.